The van der Waals surface area contributed by atoms with Crippen molar-refractivity contribution in [3.8, 4) is 11.1 Å². The molecule has 2 N–H and O–H groups in total. The minimum Gasteiger partial charge on any atom is -0.367 e. The van der Waals surface area contributed by atoms with Crippen LogP contribution in [0.1, 0.15) is 44.7 Å². The van der Waals surface area contributed by atoms with Crippen LogP contribution in [0, 0.1) is 0 Å². The van der Waals surface area contributed by atoms with Gasteiger partial charge in [0.1, 0.15) is 0 Å². The molecule has 1 fully saturated rings. The Balaban J connectivity index is 2.12. The smallest absolute Gasteiger partial charge is 0.230 e. The van der Waals surface area contributed by atoms with E-state index in [1.54, 1.807) is 0 Å². The summed E-state index contributed by atoms with van der Waals surface area (Å²) in [5.74, 6) is 0.405. The third-order valence-corrected chi connectivity index (χ3v) is 4.84. The number of aromatic nitrogens is 1. The molecule has 3 rings (SSSR count). The molecule has 1 aromatic carbocycles. The van der Waals surface area contributed by atoms with Crippen LogP contribution in [0.15, 0.2) is 28.8 Å². The summed E-state index contributed by atoms with van der Waals surface area (Å²) in [5.41, 5.74) is 9.16. The van der Waals surface area contributed by atoms with E-state index in [0.717, 1.165) is 41.1 Å². The molecule has 0 amide bonds. The Morgan fingerprint density at radius 2 is 1.90 bits per heavy atom. The van der Waals surface area contributed by atoms with E-state index >= 15 is 0 Å². The molecule has 106 valence electrons. The quantitative estimate of drug-likeness (QED) is 0.883. The van der Waals surface area contributed by atoms with E-state index in [0.29, 0.717) is 5.88 Å². The summed E-state index contributed by atoms with van der Waals surface area (Å²) in [5, 5.41) is 5.03. The second-order valence-corrected chi connectivity index (χ2v) is 6.05. The van der Waals surface area contributed by atoms with E-state index in [2.05, 4.69) is 12.1 Å². The number of hydrogen-bond donors (Lipinski definition) is 1. The van der Waals surface area contributed by atoms with Gasteiger partial charge in [0.2, 0.25) is 5.88 Å². The molecule has 2 aromatic rings. The van der Waals surface area contributed by atoms with Crippen LogP contribution in [-0.4, -0.2) is 5.16 Å². The van der Waals surface area contributed by atoms with Crippen LogP contribution < -0.4 is 5.73 Å². The number of nitrogen functional groups attached to an aromatic ring is 1. The van der Waals surface area contributed by atoms with E-state index < -0.39 is 0 Å². The Labute approximate surface area is 124 Å². The lowest BCUT2D eigenvalue weighted by molar-refractivity contribution is 0.361. The highest BCUT2D eigenvalue weighted by Gasteiger charge is 2.39. The molecule has 0 atom stereocenters. The van der Waals surface area contributed by atoms with E-state index in [9.17, 15) is 0 Å². The normalized spacial score (nSPS) is 17.5. The molecular formula is C16H19ClN2O. The van der Waals surface area contributed by atoms with E-state index in [1.807, 2.05) is 24.3 Å². The van der Waals surface area contributed by atoms with Gasteiger partial charge in [0, 0.05) is 10.4 Å². The van der Waals surface area contributed by atoms with Gasteiger partial charge in [-0.1, -0.05) is 48.7 Å². The Morgan fingerprint density at radius 3 is 2.50 bits per heavy atom. The molecule has 0 spiro atoms. The van der Waals surface area contributed by atoms with Crippen LogP contribution in [0.3, 0.4) is 0 Å². The largest absolute Gasteiger partial charge is 0.367 e. The van der Waals surface area contributed by atoms with E-state index in [1.165, 1.54) is 12.8 Å². The third-order valence-electron chi connectivity index (χ3n) is 4.59. The first-order valence-electron chi connectivity index (χ1n) is 7.18. The molecule has 1 aliphatic carbocycles. The van der Waals surface area contributed by atoms with Gasteiger partial charge >= 0.3 is 0 Å². The Morgan fingerprint density at radius 1 is 1.25 bits per heavy atom. The number of benzene rings is 1. The van der Waals surface area contributed by atoms with Crippen LogP contribution >= 0.6 is 11.6 Å². The van der Waals surface area contributed by atoms with Crippen molar-refractivity contribution < 1.29 is 4.52 Å². The number of hydrogen-bond acceptors (Lipinski definition) is 3. The lowest BCUT2D eigenvalue weighted by Gasteiger charge is -2.25. The zero-order valence-electron chi connectivity index (χ0n) is 11.7. The Hall–Kier alpha value is -1.48. The summed E-state index contributed by atoms with van der Waals surface area (Å²) in [6.07, 6.45) is 5.90. The molecule has 1 aromatic heterocycles. The molecule has 1 heterocycles. The molecule has 0 radical (unpaired) electrons. The molecule has 0 saturated heterocycles. The second kappa shape index (κ2) is 5.13. The minimum atomic E-state index is 0.121. The van der Waals surface area contributed by atoms with Gasteiger partial charge in [-0.05, 0) is 37.0 Å². The van der Waals surface area contributed by atoms with Crippen molar-refractivity contribution >= 4 is 17.5 Å². The first-order chi connectivity index (χ1) is 9.66. The fourth-order valence-corrected chi connectivity index (χ4v) is 3.50. The van der Waals surface area contributed by atoms with Crippen molar-refractivity contribution in [2.75, 3.05) is 5.73 Å². The monoisotopic (exact) mass is 290 g/mol. The first-order valence-corrected chi connectivity index (χ1v) is 7.56. The van der Waals surface area contributed by atoms with Gasteiger partial charge in [-0.2, -0.15) is 0 Å². The maximum absolute atomic E-state index is 6.03. The highest BCUT2D eigenvalue weighted by atomic mass is 35.5. The molecule has 1 aliphatic rings. The topological polar surface area (TPSA) is 52.0 Å². The summed E-state index contributed by atoms with van der Waals surface area (Å²) in [6, 6.07) is 7.71. The number of anilines is 1. The molecule has 0 unspecified atom stereocenters. The molecule has 3 nitrogen and oxygen atoms in total. The highest BCUT2D eigenvalue weighted by molar-refractivity contribution is 6.30. The number of rotatable bonds is 3. The average molecular weight is 291 g/mol. The van der Waals surface area contributed by atoms with Crippen molar-refractivity contribution in [3.05, 3.63) is 35.0 Å². The summed E-state index contributed by atoms with van der Waals surface area (Å²) in [6.45, 7) is 2.22. The lowest BCUT2D eigenvalue weighted by atomic mass is 9.77. The van der Waals surface area contributed by atoms with Crippen molar-refractivity contribution in [1.29, 1.82) is 0 Å². The van der Waals surface area contributed by atoms with Crippen LogP contribution in [-0.2, 0) is 5.41 Å². The predicted octanol–water partition coefficient (Wildman–Crippen LogP) is 4.80. The molecule has 1 saturated carbocycles. The average Bonchev–Trinajstić information content (AvgIpc) is 3.07. The zero-order chi connectivity index (χ0) is 14.2. The van der Waals surface area contributed by atoms with Gasteiger partial charge < -0.3 is 10.3 Å². The second-order valence-electron chi connectivity index (χ2n) is 5.62. The third kappa shape index (κ3) is 2.10. The van der Waals surface area contributed by atoms with Gasteiger partial charge in [-0.25, -0.2) is 0 Å². The molecule has 0 bridgehead atoms. The fourth-order valence-electron chi connectivity index (χ4n) is 3.37. The Kier molecular flexibility index (Phi) is 3.47. The van der Waals surface area contributed by atoms with E-state index in [4.69, 9.17) is 21.9 Å². The van der Waals surface area contributed by atoms with Crippen LogP contribution in [0.5, 0.6) is 0 Å². The standard InChI is InChI=1S/C16H19ClN2O/c1-2-16(9-3-4-10-16)14-13(15(18)20-19-14)11-5-7-12(17)8-6-11/h5-8H,2-4,9-10,18H2,1H3. The Bertz CT molecular complexity index is 597. The number of nitrogens with zero attached hydrogens (tertiary/aromatic N) is 1. The first kappa shape index (κ1) is 13.5. The number of halogens is 1. The zero-order valence-corrected chi connectivity index (χ0v) is 12.4. The van der Waals surface area contributed by atoms with Crippen LogP contribution in [0.4, 0.5) is 5.88 Å². The van der Waals surface area contributed by atoms with Gasteiger partial charge in [0.15, 0.2) is 0 Å². The predicted molar refractivity (Wildman–Crippen MR) is 81.8 cm³/mol. The SMILES string of the molecule is CCC1(c2noc(N)c2-c2ccc(Cl)cc2)CCCC1. The van der Waals surface area contributed by atoms with Gasteiger partial charge in [-0.15, -0.1) is 0 Å². The summed E-state index contributed by atoms with van der Waals surface area (Å²) in [4.78, 5) is 0. The summed E-state index contributed by atoms with van der Waals surface area (Å²) >= 11 is 5.96. The lowest BCUT2D eigenvalue weighted by Crippen LogP contribution is -2.22. The molecule has 0 aliphatic heterocycles. The maximum Gasteiger partial charge on any atom is 0.230 e. The molecule has 20 heavy (non-hydrogen) atoms. The van der Waals surface area contributed by atoms with Gasteiger partial charge in [-0.3, -0.25) is 0 Å². The maximum atomic E-state index is 6.03. The summed E-state index contributed by atoms with van der Waals surface area (Å²) < 4.78 is 5.31. The van der Waals surface area contributed by atoms with Gasteiger partial charge in [0.05, 0.1) is 11.3 Å². The van der Waals surface area contributed by atoms with Crippen molar-refractivity contribution in [1.82, 2.24) is 5.16 Å². The number of nitrogens with two attached hydrogens (primary N) is 1. The van der Waals surface area contributed by atoms with Crippen molar-refractivity contribution in [2.24, 2.45) is 0 Å². The molecule has 4 heteroatoms. The van der Waals surface area contributed by atoms with Gasteiger partial charge in [0.25, 0.3) is 0 Å². The molecular weight excluding hydrogens is 272 g/mol. The minimum absolute atomic E-state index is 0.121. The van der Waals surface area contributed by atoms with Crippen molar-refractivity contribution in [3.63, 3.8) is 0 Å². The van der Waals surface area contributed by atoms with Crippen molar-refractivity contribution in [2.45, 2.75) is 44.4 Å². The fraction of sp³-hybridized carbons (Fsp3) is 0.438. The van der Waals surface area contributed by atoms with Crippen LogP contribution in [0.25, 0.3) is 11.1 Å². The van der Waals surface area contributed by atoms with E-state index in [-0.39, 0.29) is 5.41 Å². The highest BCUT2D eigenvalue weighted by Crippen LogP contribution is 2.48. The van der Waals surface area contributed by atoms with Crippen LogP contribution in [0.2, 0.25) is 5.02 Å². The summed E-state index contributed by atoms with van der Waals surface area (Å²) in [7, 11) is 0.